The van der Waals surface area contributed by atoms with Gasteiger partial charge in [-0.15, -0.1) is 11.3 Å². The van der Waals surface area contributed by atoms with E-state index in [1.807, 2.05) is 11.4 Å². The van der Waals surface area contributed by atoms with E-state index in [1.54, 1.807) is 0 Å². The Bertz CT molecular complexity index is 657. The molecule has 2 heterocycles. The monoisotopic (exact) mass is 275 g/mol. The van der Waals surface area contributed by atoms with Crippen LogP contribution in [0.4, 0.5) is 5.13 Å². The van der Waals surface area contributed by atoms with Crippen molar-refractivity contribution in [2.45, 2.75) is 39.2 Å². The third-order valence-electron chi connectivity index (χ3n) is 3.28. The Hall–Kier alpha value is -1.62. The molecule has 0 spiro atoms. The SMILES string of the molecule is CC(C)Nc1nc(-c2cc3c([nH]c2=O)CCC3)cs1. The third-order valence-corrected chi connectivity index (χ3v) is 4.05. The maximum absolute atomic E-state index is 12.1. The molecule has 0 atom stereocenters. The van der Waals surface area contributed by atoms with Gasteiger partial charge >= 0.3 is 0 Å². The molecular formula is C14H17N3OS. The van der Waals surface area contributed by atoms with Crippen LogP contribution >= 0.6 is 11.3 Å². The van der Waals surface area contributed by atoms with E-state index in [2.05, 4.69) is 29.1 Å². The van der Waals surface area contributed by atoms with Gasteiger partial charge in [0.2, 0.25) is 0 Å². The number of aromatic amines is 1. The number of H-pyrrole nitrogens is 1. The van der Waals surface area contributed by atoms with Crippen molar-refractivity contribution in [3.05, 3.63) is 33.1 Å². The molecule has 100 valence electrons. The van der Waals surface area contributed by atoms with Crippen LogP contribution in [0.25, 0.3) is 11.3 Å². The summed E-state index contributed by atoms with van der Waals surface area (Å²) in [6, 6.07) is 2.35. The average molecular weight is 275 g/mol. The third kappa shape index (κ3) is 2.42. The van der Waals surface area contributed by atoms with E-state index in [9.17, 15) is 4.79 Å². The summed E-state index contributed by atoms with van der Waals surface area (Å²) in [6.07, 6.45) is 3.17. The van der Waals surface area contributed by atoms with Gasteiger partial charge < -0.3 is 10.3 Å². The highest BCUT2D eigenvalue weighted by atomic mass is 32.1. The fourth-order valence-corrected chi connectivity index (χ4v) is 3.27. The summed E-state index contributed by atoms with van der Waals surface area (Å²) in [5, 5.41) is 6.07. The summed E-state index contributed by atoms with van der Waals surface area (Å²) in [7, 11) is 0. The number of fused-ring (bicyclic) bond motifs is 1. The van der Waals surface area contributed by atoms with Gasteiger partial charge in [-0.2, -0.15) is 0 Å². The molecule has 2 aromatic heterocycles. The molecule has 0 bridgehead atoms. The lowest BCUT2D eigenvalue weighted by Crippen LogP contribution is -2.12. The van der Waals surface area contributed by atoms with Crippen molar-refractivity contribution in [3.63, 3.8) is 0 Å². The Morgan fingerprint density at radius 1 is 1.42 bits per heavy atom. The van der Waals surface area contributed by atoms with Gasteiger partial charge in [-0.05, 0) is 44.7 Å². The number of nitrogens with zero attached hydrogens (tertiary/aromatic N) is 1. The molecule has 4 nitrogen and oxygen atoms in total. The summed E-state index contributed by atoms with van der Waals surface area (Å²) in [5.74, 6) is 0. The van der Waals surface area contributed by atoms with Crippen LogP contribution in [0, 0.1) is 0 Å². The largest absolute Gasteiger partial charge is 0.359 e. The van der Waals surface area contributed by atoms with Crippen molar-refractivity contribution in [2.75, 3.05) is 5.32 Å². The molecule has 0 unspecified atom stereocenters. The zero-order chi connectivity index (χ0) is 13.4. The van der Waals surface area contributed by atoms with E-state index in [-0.39, 0.29) is 5.56 Å². The predicted octanol–water partition coefficient (Wildman–Crippen LogP) is 2.81. The van der Waals surface area contributed by atoms with Gasteiger partial charge in [0, 0.05) is 17.1 Å². The topological polar surface area (TPSA) is 57.8 Å². The molecule has 0 aromatic carbocycles. The van der Waals surface area contributed by atoms with E-state index in [0.29, 0.717) is 11.6 Å². The molecule has 0 fully saturated rings. The van der Waals surface area contributed by atoms with Crippen molar-refractivity contribution in [1.82, 2.24) is 9.97 Å². The van der Waals surface area contributed by atoms with Crippen LogP contribution < -0.4 is 10.9 Å². The highest BCUT2D eigenvalue weighted by molar-refractivity contribution is 7.14. The Balaban J connectivity index is 1.98. The molecule has 2 aromatic rings. The number of hydrogen-bond donors (Lipinski definition) is 2. The fraction of sp³-hybridized carbons (Fsp3) is 0.429. The van der Waals surface area contributed by atoms with Crippen molar-refractivity contribution in [1.29, 1.82) is 0 Å². The maximum atomic E-state index is 12.1. The van der Waals surface area contributed by atoms with E-state index in [1.165, 1.54) is 16.9 Å². The van der Waals surface area contributed by atoms with Gasteiger partial charge in [-0.25, -0.2) is 4.98 Å². The average Bonchev–Trinajstić information content (AvgIpc) is 2.95. The molecule has 0 saturated heterocycles. The molecule has 0 saturated carbocycles. The molecule has 2 N–H and O–H groups in total. The smallest absolute Gasteiger partial charge is 0.257 e. The predicted molar refractivity (Wildman–Crippen MR) is 79.0 cm³/mol. The van der Waals surface area contributed by atoms with Crippen LogP contribution in [0.2, 0.25) is 0 Å². The van der Waals surface area contributed by atoms with Crippen LogP contribution in [-0.2, 0) is 12.8 Å². The Morgan fingerprint density at radius 3 is 3.05 bits per heavy atom. The van der Waals surface area contributed by atoms with E-state index >= 15 is 0 Å². The van der Waals surface area contributed by atoms with Crippen molar-refractivity contribution >= 4 is 16.5 Å². The molecule has 0 radical (unpaired) electrons. The minimum atomic E-state index is -0.0259. The lowest BCUT2D eigenvalue weighted by atomic mass is 10.1. The standard InChI is InChI=1S/C14H17N3OS/c1-8(2)15-14-17-12(7-19-14)10-6-9-4-3-5-11(9)16-13(10)18/h6-8H,3-5H2,1-2H3,(H,15,17)(H,16,18). The second-order valence-electron chi connectivity index (χ2n) is 5.21. The summed E-state index contributed by atoms with van der Waals surface area (Å²) < 4.78 is 0. The lowest BCUT2D eigenvalue weighted by molar-refractivity contribution is 0.896. The molecule has 3 rings (SSSR count). The van der Waals surface area contributed by atoms with Crippen molar-refractivity contribution < 1.29 is 0 Å². The van der Waals surface area contributed by atoms with Crippen molar-refractivity contribution in [2.24, 2.45) is 0 Å². The molecular weight excluding hydrogens is 258 g/mol. The number of pyridine rings is 1. The highest BCUT2D eigenvalue weighted by Crippen LogP contribution is 2.26. The number of hydrogen-bond acceptors (Lipinski definition) is 4. The van der Waals surface area contributed by atoms with Crippen molar-refractivity contribution in [3.8, 4) is 11.3 Å². The van der Waals surface area contributed by atoms with Gasteiger partial charge in [0.25, 0.3) is 5.56 Å². The summed E-state index contributed by atoms with van der Waals surface area (Å²) >= 11 is 1.54. The van der Waals surface area contributed by atoms with E-state index in [4.69, 9.17) is 0 Å². The van der Waals surface area contributed by atoms with Gasteiger partial charge in [-0.3, -0.25) is 4.79 Å². The zero-order valence-corrected chi connectivity index (χ0v) is 11.9. The number of anilines is 1. The first kappa shape index (κ1) is 12.4. The normalized spacial score (nSPS) is 13.8. The molecule has 5 heteroatoms. The first-order chi connectivity index (χ1) is 9.13. The highest BCUT2D eigenvalue weighted by Gasteiger charge is 2.16. The second-order valence-corrected chi connectivity index (χ2v) is 6.06. The summed E-state index contributed by atoms with van der Waals surface area (Å²) in [5.41, 5.74) is 3.80. The number of aryl methyl sites for hydroxylation is 2. The van der Waals surface area contributed by atoms with E-state index in [0.717, 1.165) is 35.8 Å². The first-order valence-electron chi connectivity index (χ1n) is 6.61. The van der Waals surface area contributed by atoms with Crippen LogP contribution in [0.15, 0.2) is 16.2 Å². The fourth-order valence-electron chi connectivity index (χ4n) is 2.41. The summed E-state index contributed by atoms with van der Waals surface area (Å²) in [4.78, 5) is 19.6. The minimum absolute atomic E-state index is 0.0259. The summed E-state index contributed by atoms with van der Waals surface area (Å²) in [6.45, 7) is 4.15. The van der Waals surface area contributed by atoms with Gasteiger partial charge in [-0.1, -0.05) is 0 Å². The number of nitrogens with one attached hydrogen (secondary N) is 2. The maximum Gasteiger partial charge on any atom is 0.257 e. The second kappa shape index (κ2) is 4.81. The van der Waals surface area contributed by atoms with Crippen LogP contribution in [0.5, 0.6) is 0 Å². The Morgan fingerprint density at radius 2 is 2.26 bits per heavy atom. The number of rotatable bonds is 3. The van der Waals surface area contributed by atoms with Gasteiger partial charge in [0.1, 0.15) is 0 Å². The van der Waals surface area contributed by atoms with Gasteiger partial charge in [0.05, 0.1) is 11.3 Å². The van der Waals surface area contributed by atoms with Gasteiger partial charge in [0.15, 0.2) is 5.13 Å². The van der Waals surface area contributed by atoms with Crippen LogP contribution in [0.3, 0.4) is 0 Å². The Kier molecular flexibility index (Phi) is 3.14. The molecule has 0 aliphatic heterocycles. The molecule has 19 heavy (non-hydrogen) atoms. The quantitative estimate of drug-likeness (QED) is 0.905. The first-order valence-corrected chi connectivity index (χ1v) is 7.49. The molecule has 1 aliphatic rings. The number of thiazole rings is 1. The lowest BCUT2D eigenvalue weighted by Gasteiger charge is -2.05. The minimum Gasteiger partial charge on any atom is -0.359 e. The van der Waals surface area contributed by atoms with Crippen LogP contribution in [-0.4, -0.2) is 16.0 Å². The molecule has 0 amide bonds. The van der Waals surface area contributed by atoms with Crippen LogP contribution in [0.1, 0.15) is 31.5 Å². The number of aromatic nitrogens is 2. The Labute approximate surface area is 115 Å². The zero-order valence-electron chi connectivity index (χ0n) is 11.1. The molecule has 1 aliphatic carbocycles. The van der Waals surface area contributed by atoms with E-state index < -0.39 is 0 Å².